The first-order valence-electron chi connectivity index (χ1n) is 3.28. The lowest BCUT2D eigenvalue weighted by Gasteiger charge is -1.81. The smallest absolute Gasteiger partial charge is 0.258 e. The van der Waals surface area contributed by atoms with Crippen LogP contribution in [0.15, 0.2) is 18.5 Å². The predicted octanol–water partition coefficient (Wildman–Crippen LogP) is 0.790. The van der Waals surface area contributed by atoms with Gasteiger partial charge >= 0.3 is 0 Å². The maximum Gasteiger partial charge on any atom is 0.258 e. The van der Waals surface area contributed by atoms with Crippen molar-refractivity contribution in [2.24, 2.45) is 5.73 Å². The molecular weight excluding hydrogens is 174 g/mol. The lowest BCUT2D eigenvalue weighted by Crippen LogP contribution is -2.08. The molecule has 2 heterocycles. The second-order valence-electron chi connectivity index (χ2n) is 2.22. The summed E-state index contributed by atoms with van der Waals surface area (Å²) in [6, 6.07) is 1.65. The first-order valence-corrected chi connectivity index (χ1v) is 4.09. The van der Waals surface area contributed by atoms with E-state index in [0.717, 1.165) is 10.3 Å². The van der Waals surface area contributed by atoms with E-state index in [2.05, 4.69) is 9.97 Å². The van der Waals surface area contributed by atoms with Crippen molar-refractivity contribution in [3.8, 4) is 0 Å². The summed E-state index contributed by atoms with van der Waals surface area (Å²) in [5.74, 6) is -0.431. The first-order chi connectivity index (χ1) is 5.77. The number of fused-ring (bicyclic) bond motifs is 1. The van der Waals surface area contributed by atoms with Gasteiger partial charge < -0.3 is 5.73 Å². The Morgan fingerprint density at radius 1 is 1.42 bits per heavy atom. The van der Waals surface area contributed by atoms with Crippen LogP contribution in [-0.4, -0.2) is 15.9 Å². The summed E-state index contributed by atoms with van der Waals surface area (Å²) in [6.45, 7) is 0. The Kier molecular flexibility index (Phi) is 1.51. The fourth-order valence-corrected chi connectivity index (χ4v) is 1.70. The zero-order valence-electron chi connectivity index (χ0n) is 6.02. The second-order valence-corrected chi connectivity index (χ2v) is 3.25. The molecule has 4 nitrogen and oxygen atoms in total. The van der Waals surface area contributed by atoms with E-state index in [1.54, 1.807) is 18.5 Å². The average molecular weight is 179 g/mol. The van der Waals surface area contributed by atoms with Crippen molar-refractivity contribution in [2.75, 3.05) is 0 Å². The number of hydrogen-bond acceptors (Lipinski definition) is 4. The lowest BCUT2D eigenvalue weighted by molar-refractivity contribution is 0.100. The van der Waals surface area contributed by atoms with Crippen LogP contribution in [-0.2, 0) is 0 Å². The molecule has 0 radical (unpaired) electrons. The van der Waals surface area contributed by atoms with Gasteiger partial charge in [-0.15, -0.1) is 11.3 Å². The summed E-state index contributed by atoms with van der Waals surface area (Å²) in [5.41, 5.74) is 5.81. The van der Waals surface area contributed by atoms with Gasteiger partial charge in [0.25, 0.3) is 5.91 Å². The van der Waals surface area contributed by atoms with Gasteiger partial charge in [-0.05, 0) is 6.07 Å². The van der Waals surface area contributed by atoms with Gasteiger partial charge in [-0.1, -0.05) is 0 Å². The highest BCUT2D eigenvalue weighted by Gasteiger charge is 2.06. The monoisotopic (exact) mass is 179 g/mol. The molecule has 0 saturated heterocycles. The number of nitrogens with zero attached hydrogens (tertiary/aromatic N) is 2. The third-order valence-electron chi connectivity index (χ3n) is 1.41. The Morgan fingerprint density at radius 2 is 2.17 bits per heavy atom. The molecular formula is C7H5N3OS. The molecule has 12 heavy (non-hydrogen) atoms. The Bertz CT molecular complexity index is 404. The Labute approximate surface area is 72.1 Å². The minimum Gasteiger partial charge on any atom is -0.365 e. The molecule has 0 aliphatic carbocycles. The minimum absolute atomic E-state index is 0.431. The molecule has 0 fully saturated rings. The summed E-state index contributed by atoms with van der Waals surface area (Å²) < 4.78 is 0. The highest BCUT2D eigenvalue weighted by atomic mass is 32.1. The molecule has 2 aromatic rings. The Balaban J connectivity index is 2.70. The molecule has 5 heteroatoms. The third kappa shape index (κ3) is 1.04. The number of primary amides is 1. The van der Waals surface area contributed by atoms with Gasteiger partial charge in [-0.3, -0.25) is 9.78 Å². The van der Waals surface area contributed by atoms with E-state index in [9.17, 15) is 4.79 Å². The molecule has 2 rings (SSSR count). The molecule has 60 valence electrons. The van der Waals surface area contributed by atoms with Crippen molar-refractivity contribution in [1.29, 1.82) is 0 Å². The van der Waals surface area contributed by atoms with E-state index in [0.29, 0.717) is 4.88 Å². The number of rotatable bonds is 1. The fourth-order valence-electron chi connectivity index (χ4n) is 0.893. The molecule has 0 bridgehead atoms. The van der Waals surface area contributed by atoms with Gasteiger partial charge in [-0.2, -0.15) is 0 Å². The number of hydrogen-bond donors (Lipinski definition) is 1. The fraction of sp³-hybridized carbons (Fsp3) is 0. The van der Waals surface area contributed by atoms with E-state index in [-0.39, 0.29) is 0 Å². The largest absolute Gasteiger partial charge is 0.365 e. The summed E-state index contributed by atoms with van der Waals surface area (Å²) in [6.07, 6.45) is 3.17. The van der Waals surface area contributed by atoms with E-state index in [1.165, 1.54) is 11.3 Å². The van der Waals surface area contributed by atoms with Crippen LogP contribution >= 0.6 is 11.3 Å². The van der Waals surface area contributed by atoms with E-state index < -0.39 is 5.91 Å². The molecule has 2 N–H and O–H groups in total. The molecule has 2 aromatic heterocycles. The Hall–Kier alpha value is -1.49. The standard InChI is InChI=1S/C7H5N3OS/c8-6(11)5-3-4-7(12-5)10-2-1-9-4/h1-3H,(H2,8,11). The molecule has 0 spiro atoms. The van der Waals surface area contributed by atoms with Gasteiger partial charge in [0, 0.05) is 12.4 Å². The van der Waals surface area contributed by atoms with Gasteiger partial charge in [-0.25, -0.2) is 4.98 Å². The summed E-state index contributed by atoms with van der Waals surface area (Å²) in [7, 11) is 0. The van der Waals surface area contributed by atoms with Crippen LogP contribution in [0.4, 0.5) is 0 Å². The average Bonchev–Trinajstić information content (AvgIpc) is 2.46. The third-order valence-corrected chi connectivity index (χ3v) is 2.46. The lowest BCUT2D eigenvalue weighted by atomic mass is 10.4. The highest BCUT2D eigenvalue weighted by molar-refractivity contribution is 7.20. The van der Waals surface area contributed by atoms with Crippen LogP contribution in [0.25, 0.3) is 10.3 Å². The van der Waals surface area contributed by atoms with Gasteiger partial charge in [0.05, 0.1) is 4.88 Å². The van der Waals surface area contributed by atoms with E-state index in [1.807, 2.05) is 0 Å². The molecule has 0 aliphatic heterocycles. The van der Waals surface area contributed by atoms with Crippen molar-refractivity contribution in [1.82, 2.24) is 9.97 Å². The zero-order chi connectivity index (χ0) is 8.55. The molecule has 0 saturated carbocycles. The number of nitrogens with two attached hydrogens (primary N) is 1. The first kappa shape index (κ1) is 7.17. The predicted molar refractivity (Wildman–Crippen MR) is 45.9 cm³/mol. The maximum atomic E-state index is 10.7. The molecule has 0 atom stereocenters. The summed E-state index contributed by atoms with van der Waals surface area (Å²) in [4.78, 5) is 20.0. The van der Waals surface area contributed by atoms with Crippen molar-refractivity contribution < 1.29 is 4.79 Å². The molecule has 0 aliphatic rings. The highest BCUT2D eigenvalue weighted by Crippen LogP contribution is 2.20. The summed E-state index contributed by atoms with van der Waals surface area (Å²) in [5, 5.41) is 0. The molecule has 0 unspecified atom stereocenters. The minimum atomic E-state index is -0.431. The van der Waals surface area contributed by atoms with Gasteiger partial charge in [0.1, 0.15) is 10.3 Å². The van der Waals surface area contributed by atoms with Gasteiger partial charge in [0.2, 0.25) is 0 Å². The molecule has 1 amide bonds. The number of amides is 1. The van der Waals surface area contributed by atoms with Crippen molar-refractivity contribution in [3.05, 3.63) is 23.3 Å². The van der Waals surface area contributed by atoms with Crippen LogP contribution in [0.1, 0.15) is 9.67 Å². The van der Waals surface area contributed by atoms with E-state index in [4.69, 9.17) is 5.73 Å². The topological polar surface area (TPSA) is 68.9 Å². The van der Waals surface area contributed by atoms with Gasteiger partial charge in [0.15, 0.2) is 0 Å². The normalized spacial score (nSPS) is 10.3. The van der Waals surface area contributed by atoms with Crippen molar-refractivity contribution in [2.45, 2.75) is 0 Å². The second kappa shape index (κ2) is 2.53. The van der Waals surface area contributed by atoms with Crippen LogP contribution in [0, 0.1) is 0 Å². The van der Waals surface area contributed by atoms with Crippen LogP contribution in [0.5, 0.6) is 0 Å². The van der Waals surface area contributed by atoms with Crippen molar-refractivity contribution in [3.63, 3.8) is 0 Å². The number of carbonyl (C=O) groups is 1. The number of carbonyl (C=O) groups excluding carboxylic acids is 1. The maximum absolute atomic E-state index is 10.7. The summed E-state index contributed by atoms with van der Waals surface area (Å²) >= 11 is 1.26. The number of aromatic nitrogens is 2. The van der Waals surface area contributed by atoms with Crippen LogP contribution < -0.4 is 5.73 Å². The Morgan fingerprint density at radius 3 is 2.83 bits per heavy atom. The van der Waals surface area contributed by atoms with Crippen LogP contribution in [0.2, 0.25) is 0 Å². The van der Waals surface area contributed by atoms with Crippen molar-refractivity contribution >= 4 is 27.6 Å². The molecule has 0 aromatic carbocycles. The quantitative estimate of drug-likeness (QED) is 0.703. The van der Waals surface area contributed by atoms with Crippen LogP contribution in [0.3, 0.4) is 0 Å². The van der Waals surface area contributed by atoms with E-state index >= 15 is 0 Å². The zero-order valence-corrected chi connectivity index (χ0v) is 6.84. The number of thiophene rings is 1. The SMILES string of the molecule is NC(=O)c1cc2nccnc2s1.